The van der Waals surface area contributed by atoms with Crippen molar-refractivity contribution in [3.8, 4) is 0 Å². The molecule has 0 amide bonds. The summed E-state index contributed by atoms with van der Waals surface area (Å²) in [7, 11) is 1.76. The van der Waals surface area contributed by atoms with Crippen molar-refractivity contribution >= 4 is 5.97 Å². The first-order valence-corrected chi connectivity index (χ1v) is 3.60. The molecule has 0 aliphatic heterocycles. The Morgan fingerprint density at radius 3 is 2.50 bits per heavy atom. The van der Waals surface area contributed by atoms with Crippen molar-refractivity contribution in [2.45, 2.75) is 26.3 Å². The first kappa shape index (κ1) is 9.43. The van der Waals surface area contributed by atoms with Crippen LogP contribution in [0, 0.1) is 0 Å². The van der Waals surface area contributed by atoms with Gasteiger partial charge < -0.3 is 10.1 Å². The van der Waals surface area contributed by atoms with Crippen LogP contribution in [-0.4, -0.2) is 25.7 Å². The number of hydrogen-bond acceptors (Lipinski definition) is 3. The van der Waals surface area contributed by atoms with Crippen molar-refractivity contribution in [1.82, 2.24) is 5.32 Å². The number of hydrogen-bond donors (Lipinski definition) is 1. The van der Waals surface area contributed by atoms with E-state index in [2.05, 4.69) is 5.32 Å². The van der Waals surface area contributed by atoms with E-state index in [0.717, 1.165) is 6.42 Å². The van der Waals surface area contributed by atoms with Gasteiger partial charge in [0.1, 0.15) is 6.04 Å². The third-order valence-corrected chi connectivity index (χ3v) is 1.33. The molecule has 0 unspecified atom stereocenters. The summed E-state index contributed by atoms with van der Waals surface area (Å²) in [6, 6.07) is -0.139. The second-order valence-electron chi connectivity index (χ2n) is 2.00. The van der Waals surface area contributed by atoms with Crippen LogP contribution in [0.3, 0.4) is 0 Å². The van der Waals surface area contributed by atoms with E-state index in [1.54, 1.807) is 14.0 Å². The van der Waals surface area contributed by atoms with Crippen molar-refractivity contribution in [2.24, 2.45) is 0 Å². The van der Waals surface area contributed by atoms with Crippen LogP contribution in [0.4, 0.5) is 0 Å². The number of esters is 1. The van der Waals surface area contributed by atoms with E-state index in [1.807, 2.05) is 6.92 Å². The summed E-state index contributed by atoms with van der Waals surface area (Å²) in [4.78, 5) is 10.9. The number of likely N-dealkylation sites (N-methyl/N-ethyl adjacent to an activating group) is 1. The van der Waals surface area contributed by atoms with Gasteiger partial charge in [-0.15, -0.1) is 0 Å². The monoisotopic (exact) mass is 145 g/mol. The zero-order chi connectivity index (χ0) is 7.98. The molecule has 1 N–H and O–H groups in total. The minimum absolute atomic E-state index is 0.139. The normalized spacial score (nSPS) is 12.7. The standard InChI is InChI=1S/C7H15NO2/c1-4-6(8-3)7(9)10-5-2/h6,8H,4-5H2,1-3H3/t6-/m1/s1. The number of rotatable bonds is 4. The molecule has 0 fully saturated rings. The van der Waals surface area contributed by atoms with Crippen molar-refractivity contribution in [3.05, 3.63) is 0 Å². The highest BCUT2D eigenvalue weighted by Crippen LogP contribution is 1.92. The fourth-order valence-corrected chi connectivity index (χ4v) is 0.731. The molecule has 0 aliphatic carbocycles. The average molecular weight is 145 g/mol. The molecule has 0 saturated carbocycles. The van der Waals surface area contributed by atoms with Gasteiger partial charge in [0.2, 0.25) is 0 Å². The van der Waals surface area contributed by atoms with Crippen LogP contribution in [0.15, 0.2) is 0 Å². The zero-order valence-electron chi connectivity index (χ0n) is 6.81. The van der Waals surface area contributed by atoms with Crippen LogP contribution < -0.4 is 5.32 Å². The zero-order valence-corrected chi connectivity index (χ0v) is 6.81. The molecule has 0 spiro atoms. The smallest absolute Gasteiger partial charge is 0.323 e. The fraction of sp³-hybridized carbons (Fsp3) is 0.857. The maximum absolute atomic E-state index is 10.9. The summed E-state index contributed by atoms with van der Waals surface area (Å²) in [5.41, 5.74) is 0. The maximum Gasteiger partial charge on any atom is 0.323 e. The Balaban J connectivity index is 3.65. The van der Waals surface area contributed by atoms with Gasteiger partial charge in [-0.05, 0) is 20.4 Å². The van der Waals surface area contributed by atoms with E-state index < -0.39 is 0 Å². The van der Waals surface area contributed by atoms with Crippen molar-refractivity contribution < 1.29 is 9.53 Å². The summed E-state index contributed by atoms with van der Waals surface area (Å²) in [6.07, 6.45) is 0.773. The molecule has 0 aliphatic rings. The first-order valence-electron chi connectivity index (χ1n) is 3.60. The first-order chi connectivity index (χ1) is 4.76. The number of carbonyl (C=O) groups excluding carboxylic acids is 1. The fourth-order valence-electron chi connectivity index (χ4n) is 0.731. The molecule has 0 bridgehead atoms. The van der Waals surface area contributed by atoms with Crippen molar-refractivity contribution in [2.75, 3.05) is 13.7 Å². The molecule has 1 atom stereocenters. The molecule has 0 radical (unpaired) electrons. The van der Waals surface area contributed by atoms with E-state index in [-0.39, 0.29) is 12.0 Å². The number of carbonyl (C=O) groups is 1. The van der Waals surface area contributed by atoms with Crippen LogP contribution in [-0.2, 0) is 9.53 Å². The van der Waals surface area contributed by atoms with Gasteiger partial charge in [-0.3, -0.25) is 4.79 Å². The third kappa shape index (κ3) is 2.82. The maximum atomic E-state index is 10.9. The Morgan fingerprint density at radius 2 is 2.20 bits per heavy atom. The lowest BCUT2D eigenvalue weighted by atomic mass is 10.2. The van der Waals surface area contributed by atoms with E-state index >= 15 is 0 Å². The van der Waals surface area contributed by atoms with Crippen LogP contribution in [0.2, 0.25) is 0 Å². The summed E-state index contributed by atoms with van der Waals surface area (Å²) < 4.78 is 4.78. The van der Waals surface area contributed by atoms with Gasteiger partial charge in [0.05, 0.1) is 6.61 Å². The molecule has 3 nitrogen and oxygen atoms in total. The average Bonchev–Trinajstić information content (AvgIpc) is 1.91. The molecular formula is C7H15NO2. The molecule has 60 valence electrons. The summed E-state index contributed by atoms with van der Waals surface area (Å²) in [5, 5.41) is 2.86. The third-order valence-electron chi connectivity index (χ3n) is 1.33. The Bertz CT molecular complexity index is 99.8. The predicted molar refractivity (Wildman–Crippen MR) is 39.8 cm³/mol. The lowest BCUT2D eigenvalue weighted by Crippen LogP contribution is -2.34. The number of nitrogens with one attached hydrogen (secondary N) is 1. The van der Waals surface area contributed by atoms with Gasteiger partial charge in [0, 0.05) is 0 Å². The molecule has 10 heavy (non-hydrogen) atoms. The molecule has 0 heterocycles. The van der Waals surface area contributed by atoms with Crippen molar-refractivity contribution in [1.29, 1.82) is 0 Å². The van der Waals surface area contributed by atoms with Gasteiger partial charge in [-0.25, -0.2) is 0 Å². The van der Waals surface area contributed by atoms with Crippen LogP contribution in [0.1, 0.15) is 20.3 Å². The van der Waals surface area contributed by atoms with Gasteiger partial charge in [0.15, 0.2) is 0 Å². The lowest BCUT2D eigenvalue weighted by Gasteiger charge is -2.11. The van der Waals surface area contributed by atoms with Crippen molar-refractivity contribution in [3.63, 3.8) is 0 Å². The molecule has 0 aromatic heterocycles. The highest BCUT2D eigenvalue weighted by Gasteiger charge is 2.13. The lowest BCUT2D eigenvalue weighted by molar-refractivity contribution is -0.145. The number of ether oxygens (including phenoxy) is 1. The highest BCUT2D eigenvalue weighted by atomic mass is 16.5. The highest BCUT2D eigenvalue weighted by molar-refractivity contribution is 5.75. The minimum atomic E-state index is -0.160. The van der Waals surface area contributed by atoms with E-state index in [1.165, 1.54) is 0 Å². The van der Waals surface area contributed by atoms with Gasteiger partial charge in [-0.2, -0.15) is 0 Å². The Labute approximate surface area is 61.8 Å². The molecule has 0 aromatic rings. The SMILES string of the molecule is CCOC(=O)[C@@H](CC)NC. The molecular weight excluding hydrogens is 130 g/mol. The quantitative estimate of drug-likeness (QED) is 0.587. The van der Waals surface area contributed by atoms with E-state index in [4.69, 9.17) is 4.74 Å². The van der Waals surface area contributed by atoms with Gasteiger partial charge >= 0.3 is 5.97 Å². The van der Waals surface area contributed by atoms with Gasteiger partial charge in [-0.1, -0.05) is 6.92 Å². The molecule has 3 heteroatoms. The largest absolute Gasteiger partial charge is 0.465 e. The second kappa shape index (κ2) is 5.23. The van der Waals surface area contributed by atoms with Gasteiger partial charge in [0.25, 0.3) is 0 Å². The van der Waals surface area contributed by atoms with Crippen LogP contribution in [0.25, 0.3) is 0 Å². The molecule has 0 rings (SSSR count). The Kier molecular flexibility index (Phi) is 4.94. The summed E-state index contributed by atoms with van der Waals surface area (Å²) in [5.74, 6) is -0.160. The molecule has 0 saturated heterocycles. The van der Waals surface area contributed by atoms with Crippen LogP contribution >= 0.6 is 0 Å². The Hall–Kier alpha value is -0.570. The predicted octanol–water partition coefficient (Wildman–Crippen LogP) is 0.547. The second-order valence-corrected chi connectivity index (χ2v) is 2.00. The molecule has 0 aromatic carbocycles. The van der Waals surface area contributed by atoms with Crippen LogP contribution in [0.5, 0.6) is 0 Å². The summed E-state index contributed by atoms with van der Waals surface area (Å²) in [6.45, 7) is 4.20. The van der Waals surface area contributed by atoms with E-state index in [9.17, 15) is 4.79 Å². The topological polar surface area (TPSA) is 38.3 Å². The van der Waals surface area contributed by atoms with E-state index in [0.29, 0.717) is 6.61 Å². The minimum Gasteiger partial charge on any atom is -0.465 e. The Morgan fingerprint density at radius 1 is 1.60 bits per heavy atom. The summed E-state index contributed by atoms with van der Waals surface area (Å²) >= 11 is 0.